The lowest BCUT2D eigenvalue weighted by Gasteiger charge is -2.07. The van der Waals surface area contributed by atoms with Crippen LogP contribution in [0.5, 0.6) is 5.75 Å². The fourth-order valence-electron chi connectivity index (χ4n) is 3.19. The largest absolute Gasteiger partial charge is 0.490 e. The number of hydrogen-bond acceptors (Lipinski definition) is 4. The second kappa shape index (κ2) is 8.86. The third-order valence-electron chi connectivity index (χ3n) is 4.63. The summed E-state index contributed by atoms with van der Waals surface area (Å²) in [7, 11) is 0. The summed E-state index contributed by atoms with van der Waals surface area (Å²) >= 11 is 0. The van der Waals surface area contributed by atoms with Crippen LogP contribution in [-0.2, 0) is 14.3 Å². The molecule has 1 unspecified atom stereocenters. The van der Waals surface area contributed by atoms with Crippen LogP contribution in [0, 0.1) is 0 Å². The van der Waals surface area contributed by atoms with E-state index in [9.17, 15) is 4.79 Å². The highest BCUT2D eigenvalue weighted by atomic mass is 16.6. The van der Waals surface area contributed by atoms with Crippen LogP contribution in [0.2, 0.25) is 0 Å². The van der Waals surface area contributed by atoms with E-state index in [0.29, 0.717) is 19.2 Å². The van der Waals surface area contributed by atoms with Crippen molar-refractivity contribution in [1.82, 2.24) is 0 Å². The number of carbonyl (C=O) groups is 1. The van der Waals surface area contributed by atoms with E-state index >= 15 is 0 Å². The van der Waals surface area contributed by atoms with E-state index in [1.54, 1.807) is 0 Å². The minimum atomic E-state index is 0.263. The number of carbonyl (C=O) groups excluding carboxylic acids is 1. The van der Waals surface area contributed by atoms with E-state index in [1.807, 2.05) is 12.1 Å². The highest BCUT2D eigenvalue weighted by molar-refractivity contribution is 5.84. The molecular weight excluding hydrogens is 316 g/mol. The molecule has 0 aliphatic carbocycles. The van der Waals surface area contributed by atoms with Gasteiger partial charge in [0.25, 0.3) is 6.47 Å². The molecule has 1 heterocycles. The number of rotatable bonds is 11. The van der Waals surface area contributed by atoms with Crippen molar-refractivity contribution in [1.29, 1.82) is 0 Å². The van der Waals surface area contributed by atoms with Crippen molar-refractivity contribution in [2.45, 2.75) is 51.2 Å². The molecule has 2 aromatic carbocycles. The highest BCUT2D eigenvalue weighted by Gasteiger charge is 2.39. The Labute approximate surface area is 149 Å². The zero-order valence-corrected chi connectivity index (χ0v) is 14.8. The van der Waals surface area contributed by atoms with Crippen LogP contribution < -0.4 is 4.74 Å². The van der Waals surface area contributed by atoms with Crippen molar-refractivity contribution in [3.05, 3.63) is 42.0 Å². The first-order valence-corrected chi connectivity index (χ1v) is 9.19. The molecule has 0 radical (unpaired) electrons. The molecule has 134 valence electrons. The van der Waals surface area contributed by atoms with Crippen LogP contribution in [0.1, 0.15) is 50.7 Å². The van der Waals surface area contributed by atoms with Gasteiger partial charge in [0.1, 0.15) is 25.1 Å². The summed E-state index contributed by atoms with van der Waals surface area (Å²) in [5.41, 5.74) is 1.26. The number of unbranched alkanes of at least 4 members (excludes halogenated alkanes) is 3. The molecule has 0 aromatic heterocycles. The van der Waals surface area contributed by atoms with Crippen LogP contribution in [0.25, 0.3) is 10.8 Å². The summed E-state index contributed by atoms with van der Waals surface area (Å²) in [6, 6.07) is 12.5. The summed E-state index contributed by atoms with van der Waals surface area (Å²) in [5, 5.41) is 2.33. The Hall–Kier alpha value is -2.07. The number of benzene rings is 2. The Bertz CT molecular complexity index is 697. The molecule has 0 spiro atoms. The molecular formula is C21H26O4. The first kappa shape index (κ1) is 17.7. The van der Waals surface area contributed by atoms with Gasteiger partial charge in [-0.2, -0.15) is 0 Å². The van der Waals surface area contributed by atoms with Crippen molar-refractivity contribution in [3.63, 3.8) is 0 Å². The standard InChI is InChI=1S/C21H26O4/c1-2-3-4-5-6-20-21(25-20)18-8-7-17-14-19(10-9-16(17)13-18)24-12-11-23-15-22/h7-10,13-15,20-21H,2-6,11-12H2,1H3/t20-,21?/m1/s1. The van der Waals surface area contributed by atoms with Crippen molar-refractivity contribution < 1.29 is 19.0 Å². The summed E-state index contributed by atoms with van der Waals surface area (Å²) in [5.74, 6) is 0.784. The molecule has 2 atom stereocenters. The zero-order chi connectivity index (χ0) is 17.5. The van der Waals surface area contributed by atoms with Crippen molar-refractivity contribution >= 4 is 17.2 Å². The zero-order valence-electron chi connectivity index (χ0n) is 14.8. The second-order valence-electron chi connectivity index (χ2n) is 6.53. The molecule has 0 N–H and O–H groups in total. The van der Waals surface area contributed by atoms with Crippen LogP contribution >= 0.6 is 0 Å². The van der Waals surface area contributed by atoms with Gasteiger partial charge in [-0.05, 0) is 41.0 Å². The second-order valence-corrected chi connectivity index (χ2v) is 6.53. The topological polar surface area (TPSA) is 48.1 Å². The lowest BCUT2D eigenvalue weighted by Crippen LogP contribution is -2.05. The average Bonchev–Trinajstić information content (AvgIpc) is 3.41. The predicted octanol–water partition coefficient (Wildman–Crippen LogP) is 4.80. The Balaban J connectivity index is 1.55. The quantitative estimate of drug-likeness (QED) is 0.334. The minimum absolute atomic E-state index is 0.263. The Morgan fingerprint density at radius 2 is 1.88 bits per heavy atom. The van der Waals surface area contributed by atoms with Gasteiger partial charge in [0.05, 0.1) is 6.10 Å². The lowest BCUT2D eigenvalue weighted by atomic mass is 10.0. The molecule has 0 saturated carbocycles. The number of hydrogen-bond donors (Lipinski definition) is 0. The van der Waals surface area contributed by atoms with Gasteiger partial charge in [-0.1, -0.05) is 50.8 Å². The third-order valence-corrected chi connectivity index (χ3v) is 4.63. The maximum Gasteiger partial charge on any atom is 0.293 e. The molecule has 3 rings (SSSR count). The molecule has 1 saturated heterocycles. The number of epoxide rings is 1. The van der Waals surface area contributed by atoms with E-state index in [0.717, 1.165) is 11.1 Å². The summed E-state index contributed by atoms with van der Waals surface area (Å²) in [6.07, 6.45) is 6.99. The third kappa shape index (κ3) is 4.95. The number of ether oxygens (including phenoxy) is 3. The summed E-state index contributed by atoms with van der Waals surface area (Å²) < 4.78 is 16.1. The monoisotopic (exact) mass is 342 g/mol. The fourth-order valence-corrected chi connectivity index (χ4v) is 3.19. The normalized spacial score (nSPS) is 18.9. The van der Waals surface area contributed by atoms with Crippen molar-refractivity contribution in [2.24, 2.45) is 0 Å². The Morgan fingerprint density at radius 1 is 1.04 bits per heavy atom. The van der Waals surface area contributed by atoms with Gasteiger partial charge in [0.15, 0.2) is 0 Å². The molecule has 1 aliphatic rings. The van der Waals surface area contributed by atoms with E-state index in [-0.39, 0.29) is 12.7 Å². The van der Waals surface area contributed by atoms with Gasteiger partial charge in [0, 0.05) is 0 Å². The Morgan fingerprint density at radius 3 is 2.72 bits per heavy atom. The van der Waals surface area contributed by atoms with Gasteiger partial charge in [-0.15, -0.1) is 0 Å². The lowest BCUT2D eigenvalue weighted by molar-refractivity contribution is -0.129. The first-order valence-electron chi connectivity index (χ1n) is 9.19. The van der Waals surface area contributed by atoms with Crippen LogP contribution in [0.4, 0.5) is 0 Å². The average molecular weight is 342 g/mol. The van der Waals surface area contributed by atoms with Crippen molar-refractivity contribution in [3.8, 4) is 5.75 Å². The maximum atomic E-state index is 10.1. The van der Waals surface area contributed by atoms with E-state index < -0.39 is 0 Å². The predicted molar refractivity (Wildman–Crippen MR) is 97.8 cm³/mol. The van der Waals surface area contributed by atoms with E-state index in [1.165, 1.54) is 43.1 Å². The van der Waals surface area contributed by atoms with Crippen LogP contribution in [0.3, 0.4) is 0 Å². The van der Waals surface area contributed by atoms with Crippen LogP contribution in [-0.4, -0.2) is 25.8 Å². The van der Waals surface area contributed by atoms with Crippen LogP contribution in [0.15, 0.2) is 36.4 Å². The molecule has 25 heavy (non-hydrogen) atoms. The fraction of sp³-hybridized carbons (Fsp3) is 0.476. The molecule has 0 bridgehead atoms. The molecule has 4 heteroatoms. The highest BCUT2D eigenvalue weighted by Crippen LogP contribution is 2.42. The van der Waals surface area contributed by atoms with Gasteiger partial charge < -0.3 is 14.2 Å². The van der Waals surface area contributed by atoms with E-state index in [4.69, 9.17) is 9.47 Å². The molecule has 2 aromatic rings. The Kier molecular flexibility index (Phi) is 6.29. The first-order chi connectivity index (χ1) is 12.3. The van der Waals surface area contributed by atoms with Crippen molar-refractivity contribution in [2.75, 3.05) is 13.2 Å². The number of fused-ring (bicyclic) bond motifs is 1. The SMILES string of the molecule is CCCCCC[C@H]1OC1c1ccc2cc(OCCOC=O)ccc2c1. The van der Waals surface area contributed by atoms with Gasteiger partial charge in [-0.25, -0.2) is 0 Å². The summed E-state index contributed by atoms with van der Waals surface area (Å²) in [6.45, 7) is 3.29. The molecule has 4 nitrogen and oxygen atoms in total. The smallest absolute Gasteiger partial charge is 0.293 e. The molecule has 1 aliphatic heterocycles. The van der Waals surface area contributed by atoms with E-state index in [2.05, 4.69) is 35.9 Å². The summed E-state index contributed by atoms with van der Waals surface area (Å²) in [4.78, 5) is 10.1. The molecule has 1 fully saturated rings. The maximum absolute atomic E-state index is 10.1. The van der Waals surface area contributed by atoms with Gasteiger partial charge >= 0.3 is 0 Å². The molecule has 0 amide bonds. The van der Waals surface area contributed by atoms with Gasteiger partial charge in [0.2, 0.25) is 0 Å². The minimum Gasteiger partial charge on any atom is -0.490 e. The van der Waals surface area contributed by atoms with Gasteiger partial charge in [-0.3, -0.25) is 4.79 Å².